The molecule has 0 bridgehead atoms. The van der Waals surface area contributed by atoms with Crippen LogP contribution < -0.4 is 16.0 Å². The van der Waals surface area contributed by atoms with Crippen molar-refractivity contribution >= 4 is 35.0 Å². The minimum Gasteiger partial charge on any atom is -0.353 e. The van der Waals surface area contributed by atoms with Gasteiger partial charge in [0.25, 0.3) is 5.91 Å². The van der Waals surface area contributed by atoms with Crippen LogP contribution in [0.2, 0.25) is 0 Å². The molecule has 0 saturated heterocycles. The van der Waals surface area contributed by atoms with Gasteiger partial charge in [-0.25, -0.2) is 8.78 Å². The van der Waals surface area contributed by atoms with Gasteiger partial charge in [0.1, 0.15) is 11.6 Å². The van der Waals surface area contributed by atoms with Gasteiger partial charge in [-0.3, -0.25) is 9.59 Å². The lowest BCUT2D eigenvalue weighted by molar-refractivity contribution is -0.114. The average molecular weight is 531 g/mol. The van der Waals surface area contributed by atoms with Crippen LogP contribution in [-0.2, 0) is 9.59 Å². The summed E-state index contributed by atoms with van der Waals surface area (Å²) in [7, 11) is 0. The van der Waals surface area contributed by atoms with Gasteiger partial charge in [-0.1, -0.05) is 48.2 Å². The molecule has 0 aromatic heterocycles. The first kappa shape index (κ1) is 26.6. The van der Waals surface area contributed by atoms with Crippen LogP contribution in [0.15, 0.2) is 94.7 Å². The topological polar surface area (TPSA) is 94.0 Å². The summed E-state index contributed by atoms with van der Waals surface area (Å²) >= 11 is 1.06. The molecule has 0 spiro atoms. The molecule has 9 heteroatoms. The molecule has 0 fully saturated rings. The molecule has 1 aliphatic heterocycles. The summed E-state index contributed by atoms with van der Waals surface area (Å²) in [5.41, 5.74) is 2.82. The highest BCUT2D eigenvalue weighted by Gasteiger charge is 2.36. The number of nitriles is 1. The average Bonchev–Trinajstić information content (AvgIpc) is 2.90. The molecule has 1 heterocycles. The van der Waals surface area contributed by atoms with Gasteiger partial charge in [0.15, 0.2) is 0 Å². The van der Waals surface area contributed by atoms with Gasteiger partial charge in [0, 0.05) is 28.2 Å². The number of para-hydroxylation sites is 1. The minimum atomic E-state index is -0.992. The van der Waals surface area contributed by atoms with E-state index in [1.54, 1.807) is 31.2 Å². The third-order valence-corrected chi connectivity index (χ3v) is 6.99. The van der Waals surface area contributed by atoms with Crippen LogP contribution in [0, 0.1) is 29.9 Å². The number of rotatable bonds is 7. The van der Waals surface area contributed by atoms with Gasteiger partial charge >= 0.3 is 0 Å². The number of benzene rings is 3. The van der Waals surface area contributed by atoms with Crippen molar-refractivity contribution in [1.29, 1.82) is 5.26 Å². The summed E-state index contributed by atoms with van der Waals surface area (Å²) in [6, 6.07) is 20.8. The number of carbonyl (C=O) groups is 2. The van der Waals surface area contributed by atoms with E-state index >= 15 is 4.39 Å². The summed E-state index contributed by atoms with van der Waals surface area (Å²) < 4.78 is 28.2. The van der Waals surface area contributed by atoms with Gasteiger partial charge in [-0.15, -0.1) is 0 Å². The third kappa shape index (κ3) is 5.93. The maximum absolute atomic E-state index is 15.0. The first-order valence-corrected chi connectivity index (χ1v) is 12.7. The minimum absolute atomic E-state index is 0.0765. The monoisotopic (exact) mass is 530 g/mol. The predicted molar refractivity (Wildman–Crippen MR) is 145 cm³/mol. The molecule has 1 aliphatic rings. The molecule has 1 atom stereocenters. The summed E-state index contributed by atoms with van der Waals surface area (Å²) in [6.07, 6.45) is 0. The quantitative estimate of drug-likeness (QED) is 0.349. The highest BCUT2D eigenvalue weighted by Crippen LogP contribution is 2.41. The normalized spacial score (nSPS) is 15.0. The van der Waals surface area contributed by atoms with Crippen molar-refractivity contribution in [3.8, 4) is 6.07 Å². The molecule has 38 heavy (non-hydrogen) atoms. The smallest absolute Gasteiger partial charge is 0.254 e. The molecule has 3 N–H and O–H groups in total. The molecular formula is C29H24F2N4O2S. The Morgan fingerprint density at radius 1 is 0.974 bits per heavy atom. The fraction of sp³-hybridized carbons (Fsp3) is 0.138. The van der Waals surface area contributed by atoms with E-state index < -0.39 is 23.5 Å². The van der Waals surface area contributed by atoms with Gasteiger partial charge in [-0.05, 0) is 55.8 Å². The second-order valence-electron chi connectivity index (χ2n) is 8.59. The Morgan fingerprint density at radius 2 is 1.66 bits per heavy atom. The van der Waals surface area contributed by atoms with Crippen LogP contribution in [0.1, 0.15) is 24.0 Å². The van der Waals surface area contributed by atoms with E-state index in [0.717, 1.165) is 17.3 Å². The van der Waals surface area contributed by atoms with E-state index in [0.29, 0.717) is 22.1 Å². The highest BCUT2D eigenvalue weighted by atomic mass is 32.2. The SMILES string of the molecule is CC1=C(C(=O)Nc2ccccc2C)C(c2ccccc2F)C(C#N)=C(SCC(=O)Nc2ccc(F)cc2)N1. The number of dihydropyridines is 1. The number of nitrogens with one attached hydrogen (secondary N) is 3. The Kier molecular flexibility index (Phi) is 8.24. The maximum atomic E-state index is 15.0. The third-order valence-electron chi connectivity index (χ3n) is 5.98. The number of amides is 2. The zero-order valence-electron chi connectivity index (χ0n) is 20.6. The molecule has 2 amide bonds. The van der Waals surface area contributed by atoms with Crippen molar-refractivity contribution in [2.45, 2.75) is 19.8 Å². The zero-order chi connectivity index (χ0) is 27.2. The van der Waals surface area contributed by atoms with Crippen LogP contribution in [0.3, 0.4) is 0 Å². The molecule has 3 aromatic rings. The second-order valence-corrected chi connectivity index (χ2v) is 9.57. The molecule has 6 nitrogen and oxygen atoms in total. The lowest BCUT2D eigenvalue weighted by Gasteiger charge is -2.30. The number of aryl methyl sites for hydroxylation is 1. The first-order chi connectivity index (χ1) is 18.3. The fourth-order valence-corrected chi connectivity index (χ4v) is 5.01. The largest absolute Gasteiger partial charge is 0.353 e. The number of halogens is 2. The van der Waals surface area contributed by atoms with E-state index in [4.69, 9.17) is 0 Å². The van der Waals surface area contributed by atoms with Crippen molar-refractivity contribution in [2.24, 2.45) is 0 Å². The zero-order valence-corrected chi connectivity index (χ0v) is 21.5. The fourth-order valence-electron chi connectivity index (χ4n) is 4.12. The summed E-state index contributed by atoms with van der Waals surface area (Å²) in [5.74, 6) is -2.89. The van der Waals surface area contributed by atoms with Crippen LogP contribution in [0.25, 0.3) is 0 Å². The molecule has 192 valence electrons. The Labute approximate surface area is 223 Å². The van der Waals surface area contributed by atoms with Crippen LogP contribution >= 0.6 is 11.8 Å². The van der Waals surface area contributed by atoms with Gasteiger partial charge < -0.3 is 16.0 Å². The van der Waals surface area contributed by atoms with Crippen molar-refractivity contribution in [2.75, 3.05) is 16.4 Å². The van der Waals surface area contributed by atoms with E-state index in [2.05, 4.69) is 22.0 Å². The van der Waals surface area contributed by atoms with Crippen molar-refractivity contribution in [3.63, 3.8) is 0 Å². The van der Waals surface area contributed by atoms with Gasteiger partial charge in [0.05, 0.1) is 28.3 Å². The van der Waals surface area contributed by atoms with Crippen LogP contribution in [-0.4, -0.2) is 17.6 Å². The Morgan fingerprint density at radius 3 is 2.34 bits per heavy atom. The van der Waals surface area contributed by atoms with E-state index in [-0.39, 0.29) is 28.4 Å². The van der Waals surface area contributed by atoms with E-state index in [1.165, 1.54) is 36.4 Å². The number of anilines is 2. The molecule has 3 aromatic carbocycles. The summed E-state index contributed by atoms with van der Waals surface area (Å²) in [6.45, 7) is 3.53. The van der Waals surface area contributed by atoms with Crippen LogP contribution in [0.4, 0.5) is 20.2 Å². The van der Waals surface area contributed by atoms with Crippen molar-refractivity contribution in [3.05, 3.63) is 117 Å². The number of carbonyl (C=O) groups excluding carboxylic acids is 2. The Balaban J connectivity index is 1.65. The number of nitrogens with zero attached hydrogens (tertiary/aromatic N) is 1. The van der Waals surface area contributed by atoms with Crippen molar-refractivity contribution in [1.82, 2.24) is 5.32 Å². The molecule has 4 rings (SSSR count). The van der Waals surface area contributed by atoms with Gasteiger partial charge in [0.2, 0.25) is 5.91 Å². The second kappa shape index (κ2) is 11.8. The molecule has 0 saturated carbocycles. The molecule has 0 aliphatic carbocycles. The maximum Gasteiger partial charge on any atom is 0.254 e. The highest BCUT2D eigenvalue weighted by molar-refractivity contribution is 8.03. The standard InChI is InChI=1S/C29H24F2N4O2S/c1-17-7-3-6-10-24(17)35-28(37)26-18(2)33-29(22(15-32)27(26)21-8-4-5-9-23(21)31)38-16-25(36)34-20-13-11-19(30)12-14-20/h3-14,27,33H,16H2,1-2H3,(H,34,36)(H,35,37). The van der Waals surface area contributed by atoms with Crippen LogP contribution in [0.5, 0.6) is 0 Å². The Hall–Kier alpha value is -4.42. The Bertz CT molecular complexity index is 1490. The number of hydrogen-bond donors (Lipinski definition) is 3. The number of hydrogen-bond acceptors (Lipinski definition) is 5. The lowest BCUT2D eigenvalue weighted by atomic mass is 9.82. The summed E-state index contributed by atoms with van der Waals surface area (Å²) in [5, 5.41) is 19.1. The summed E-state index contributed by atoms with van der Waals surface area (Å²) in [4.78, 5) is 26.1. The predicted octanol–water partition coefficient (Wildman–Crippen LogP) is 5.98. The van der Waals surface area contributed by atoms with Gasteiger partial charge in [-0.2, -0.15) is 5.26 Å². The van der Waals surface area contributed by atoms with E-state index in [1.807, 2.05) is 19.1 Å². The lowest BCUT2D eigenvalue weighted by Crippen LogP contribution is -2.31. The molecule has 1 unspecified atom stereocenters. The van der Waals surface area contributed by atoms with Crippen molar-refractivity contribution < 1.29 is 18.4 Å². The number of thioether (sulfide) groups is 1. The first-order valence-electron chi connectivity index (χ1n) is 11.7. The molecule has 0 radical (unpaired) electrons. The molecular weight excluding hydrogens is 506 g/mol. The number of allylic oxidation sites excluding steroid dienone is 2. The van der Waals surface area contributed by atoms with E-state index in [9.17, 15) is 19.2 Å².